The fraction of sp³-hybridized carbons (Fsp3) is 0.500. The van der Waals surface area contributed by atoms with Gasteiger partial charge in [-0.2, -0.15) is 0 Å². The first kappa shape index (κ1) is 17.1. The van der Waals surface area contributed by atoms with Crippen LogP contribution in [0.3, 0.4) is 0 Å². The number of methoxy groups -OCH3 is 2. The van der Waals surface area contributed by atoms with E-state index < -0.39 is 12.7 Å². The van der Waals surface area contributed by atoms with Gasteiger partial charge in [0.05, 0.1) is 10.5 Å². The third kappa shape index (κ3) is 5.18. The molecule has 0 fully saturated rings. The zero-order chi connectivity index (χ0) is 15.3. The highest BCUT2D eigenvalue weighted by atomic mass is 79.9. The molecule has 114 valence electrons. The van der Waals surface area contributed by atoms with E-state index in [1.165, 1.54) is 32.4 Å². The van der Waals surface area contributed by atoms with Crippen molar-refractivity contribution in [2.45, 2.75) is 25.6 Å². The minimum absolute atomic E-state index is 0.189. The highest BCUT2D eigenvalue weighted by Crippen LogP contribution is 2.32. The van der Waals surface area contributed by atoms with Gasteiger partial charge in [0.1, 0.15) is 5.75 Å². The van der Waals surface area contributed by atoms with Crippen molar-refractivity contribution in [2.75, 3.05) is 19.5 Å². The summed E-state index contributed by atoms with van der Waals surface area (Å²) >= 11 is 3.03. The van der Waals surface area contributed by atoms with Crippen molar-refractivity contribution in [2.24, 2.45) is 0 Å². The quantitative estimate of drug-likeness (QED) is 0.786. The van der Waals surface area contributed by atoms with Crippen LogP contribution in [0.15, 0.2) is 22.7 Å². The van der Waals surface area contributed by atoms with Gasteiger partial charge in [-0.1, -0.05) is 0 Å². The third-order valence-corrected chi connectivity index (χ3v) is 3.04. The summed E-state index contributed by atoms with van der Waals surface area (Å²) in [7, 11) is 3.01. The van der Waals surface area contributed by atoms with Crippen molar-refractivity contribution < 1.29 is 27.4 Å². The second-order valence-corrected chi connectivity index (χ2v) is 4.82. The smallest absolute Gasteiger partial charge is 0.405 e. The Hall–Kier alpha value is -0.990. The topological polar surface area (TPSA) is 39.7 Å². The number of alkyl halides is 3. The molecule has 0 radical (unpaired) electrons. The maximum Gasteiger partial charge on any atom is 0.573 e. The average Bonchev–Trinajstić information content (AvgIpc) is 2.33. The molecule has 0 aromatic heterocycles. The Bertz CT molecular complexity index is 438. The highest BCUT2D eigenvalue weighted by Gasteiger charge is 2.32. The molecule has 0 aliphatic rings. The molecule has 0 bridgehead atoms. The maximum absolute atomic E-state index is 12.1. The first-order valence-corrected chi connectivity index (χ1v) is 6.43. The van der Waals surface area contributed by atoms with Crippen LogP contribution in [-0.4, -0.2) is 32.9 Å². The highest BCUT2D eigenvalue weighted by molar-refractivity contribution is 9.10. The Morgan fingerprint density at radius 1 is 1.20 bits per heavy atom. The largest absolute Gasteiger partial charge is 0.573 e. The predicted molar refractivity (Wildman–Crippen MR) is 71.7 cm³/mol. The van der Waals surface area contributed by atoms with E-state index in [1.54, 1.807) is 0 Å². The van der Waals surface area contributed by atoms with E-state index in [2.05, 4.69) is 26.0 Å². The minimum atomic E-state index is -4.72. The standard InChI is InChI=1S/C12H15BrF3NO3/c1-7(11(18-2)19-3)17-8-4-5-10(9(13)6-8)20-12(14,15)16/h4-7,11,17H,1-3H3. The Balaban J connectivity index is 2.77. The zero-order valence-electron chi connectivity index (χ0n) is 11.1. The average molecular weight is 358 g/mol. The summed E-state index contributed by atoms with van der Waals surface area (Å²) in [6.07, 6.45) is -5.19. The van der Waals surface area contributed by atoms with Gasteiger partial charge in [0.25, 0.3) is 0 Å². The van der Waals surface area contributed by atoms with E-state index in [0.29, 0.717) is 5.69 Å². The van der Waals surface area contributed by atoms with Crippen LogP contribution in [-0.2, 0) is 9.47 Å². The lowest BCUT2D eigenvalue weighted by molar-refractivity contribution is -0.274. The molecule has 0 amide bonds. The van der Waals surface area contributed by atoms with Crippen molar-refractivity contribution in [3.05, 3.63) is 22.7 Å². The van der Waals surface area contributed by atoms with Crippen LogP contribution >= 0.6 is 15.9 Å². The first-order valence-electron chi connectivity index (χ1n) is 5.64. The van der Waals surface area contributed by atoms with Crippen LogP contribution in [0.2, 0.25) is 0 Å². The maximum atomic E-state index is 12.1. The number of halogens is 4. The second kappa shape index (κ2) is 7.14. The van der Waals surface area contributed by atoms with Gasteiger partial charge < -0.3 is 19.5 Å². The summed E-state index contributed by atoms with van der Waals surface area (Å²) in [6.45, 7) is 1.83. The van der Waals surface area contributed by atoms with Crippen molar-refractivity contribution in [1.82, 2.24) is 0 Å². The minimum Gasteiger partial charge on any atom is -0.405 e. The third-order valence-electron chi connectivity index (χ3n) is 2.42. The van der Waals surface area contributed by atoms with Gasteiger partial charge in [-0.25, -0.2) is 0 Å². The fourth-order valence-electron chi connectivity index (χ4n) is 1.63. The summed E-state index contributed by atoms with van der Waals surface area (Å²) < 4.78 is 50.6. The van der Waals surface area contributed by atoms with E-state index in [1.807, 2.05) is 6.92 Å². The summed E-state index contributed by atoms with van der Waals surface area (Å²) in [5.74, 6) is -0.300. The molecular formula is C12H15BrF3NO3. The van der Waals surface area contributed by atoms with E-state index in [4.69, 9.17) is 9.47 Å². The molecule has 4 nitrogen and oxygen atoms in total. The molecule has 1 unspecified atom stereocenters. The Kier molecular flexibility index (Phi) is 6.09. The summed E-state index contributed by atoms with van der Waals surface area (Å²) in [5.41, 5.74) is 0.609. The van der Waals surface area contributed by atoms with Crippen LogP contribution in [0.4, 0.5) is 18.9 Å². The van der Waals surface area contributed by atoms with Crippen LogP contribution in [0.5, 0.6) is 5.75 Å². The molecule has 8 heteroatoms. The lowest BCUT2D eigenvalue weighted by Crippen LogP contribution is -2.33. The summed E-state index contributed by atoms with van der Waals surface area (Å²) in [6, 6.07) is 4.00. The number of hydrogen-bond donors (Lipinski definition) is 1. The summed E-state index contributed by atoms with van der Waals surface area (Å²) in [4.78, 5) is 0. The number of ether oxygens (including phenoxy) is 3. The molecule has 0 saturated heterocycles. The van der Waals surface area contributed by atoms with E-state index >= 15 is 0 Å². The predicted octanol–water partition coefficient (Wildman–Crippen LogP) is 3.77. The molecule has 0 aliphatic heterocycles. The van der Waals surface area contributed by atoms with Crippen molar-refractivity contribution in [1.29, 1.82) is 0 Å². The molecule has 0 heterocycles. The van der Waals surface area contributed by atoms with Gasteiger partial charge in [0.15, 0.2) is 6.29 Å². The lowest BCUT2D eigenvalue weighted by Gasteiger charge is -2.23. The number of anilines is 1. The van der Waals surface area contributed by atoms with Gasteiger partial charge in [-0.3, -0.25) is 0 Å². The van der Waals surface area contributed by atoms with E-state index in [0.717, 1.165) is 0 Å². The monoisotopic (exact) mass is 357 g/mol. The molecule has 1 atom stereocenters. The normalized spacial score (nSPS) is 13.4. The number of nitrogens with one attached hydrogen (secondary N) is 1. The second-order valence-electron chi connectivity index (χ2n) is 3.97. The Morgan fingerprint density at radius 3 is 2.25 bits per heavy atom. The molecule has 20 heavy (non-hydrogen) atoms. The van der Waals surface area contributed by atoms with Gasteiger partial charge in [0, 0.05) is 19.9 Å². The van der Waals surface area contributed by atoms with Gasteiger partial charge in [-0.15, -0.1) is 13.2 Å². The van der Waals surface area contributed by atoms with Gasteiger partial charge in [-0.05, 0) is 41.1 Å². The molecular weight excluding hydrogens is 343 g/mol. The van der Waals surface area contributed by atoms with Crippen LogP contribution < -0.4 is 10.1 Å². The summed E-state index contributed by atoms with van der Waals surface area (Å²) in [5, 5.41) is 3.06. The molecule has 0 aliphatic carbocycles. The fourth-order valence-corrected chi connectivity index (χ4v) is 2.09. The number of hydrogen-bond acceptors (Lipinski definition) is 4. The van der Waals surface area contributed by atoms with Crippen molar-refractivity contribution in [3.63, 3.8) is 0 Å². The van der Waals surface area contributed by atoms with E-state index in [9.17, 15) is 13.2 Å². The molecule has 1 aromatic carbocycles. The van der Waals surface area contributed by atoms with E-state index in [-0.39, 0.29) is 16.3 Å². The molecule has 1 rings (SSSR count). The van der Waals surface area contributed by atoms with Crippen molar-refractivity contribution >= 4 is 21.6 Å². The lowest BCUT2D eigenvalue weighted by atomic mass is 10.2. The molecule has 1 N–H and O–H groups in total. The Morgan fingerprint density at radius 2 is 1.80 bits per heavy atom. The number of rotatable bonds is 6. The van der Waals surface area contributed by atoms with Crippen LogP contribution in [0, 0.1) is 0 Å². The molecule has 0 saturated carbocycles. The molecule has 1 aromatic rings. The van der Waals surface area contributed by atoms with Crippen LogP contribution in [0.1, 0.15) is 6.92 Å². The van der Waals surface area contributed by atoms with Gasteiger partial charge in [0.2, 0.25) is 0 Å². The van der Waals surface area contributed by atoms with Crippen LogP contribution in [0.25, 0.3) is 0 Å². The van der Waals surface area contributed by atoms with Crippen molar-refractivity contribution in [3.8, 4) is 5.75 Å². The number of benzene rings is 1. The van der Waals surface area contributed by atoms with Gasteiger partial charge >= 0.3 is 6.36 Å². The molecule has 0 spiro atoms. The Labute approximate surface area is 123 Å². The SMILES string of the molecule is COC(OC)C(C)Nc1ccc(OC(F)(F)F)c(Br)c1. The zero-order valence-corrected chi connectivity index (χ0v) is 12.7. The first-order chi connectivity index (χ1) is 9.26.